The number of hydrogen-bond donors (Lipinski definition) is 2. The van der Waals surface area contributed by atoms with Crippen LogP contribution in [0.15, 0.2) is 30.3 Å². The molecular weight excluding hydrogens is 318 g/mol. The van der Waals surface area contributed by atoms with Crippen molar-refractivity contribution in [2.75, 3.05) is 18.2 Å². The van der Waals surface area contributed by atoms with Crippen molar-refractivity contribution in [2.45, 2.75) is 0 Å². The summed E-state index contributed by atoms with van der Waals surface area (Å²) in [5.74, 6) is -0.638. The molecule has 7 heteroatoms. The van der Waals surface area contributed by atoms with Gasteiger partial charge in [-0.2, -0.15) is 0 Å². The molecule has 0 unspecified atom stereocenters. The predicted molar refractivity (Wildman–Crippen MR) is 81.8 cm³/mol. The molecule has 0 heterocycles. The van der Waals surface area contributed by atoms with Crippen LogP contribution in [0.2, 0.25) is 10.0 Å². The fourth-order valence-corrected chi connectivity index (χ4v) is 2.27. The summed E-state index contributed by atoms with van der Waals surface area (Å²) in [6.45, 7) is 0. The molecule has 0 aliphatic carbocycles. The van der Waals surface area contributed by atoms with E-state index in [9.17, 15) is 9.18 Å². The first-order valence-corrected chi connectivity index (χ1v) is 6.56. The molecule has 0 aliphatic rings. The SMILES string of the molecule is COc1cc(N)cc(C(=O)Nc2c(Cl)cc(F)cc2Cl)c1. The number of benzene rings is 2. The highest BCUT2D eigenvalue weighted by atomic mass is 35.5. The van der Waals surface area contributed by atoms with E-state index in [0.29, 0.717) is 11.4 Å². The molecule has 0 fully saturated rings. The van der Waals surface area contributed by atoms with Gasteiger partial charge in [0.1, 0.15) is 11.6 Å². The zero-order valence-electron chi connectivity index (χ0n) is 10.9. The molecule has 1 amide bonds. The van der Waals surface area contributed by atoms with Crippen molar-refractivity contribution in [1.82, 2.24) is 0 Å². The van der Waals surface area contributed by atoms with Gasteiger partial charge in [-0.25, -0.2) is 4.39 Å². The van der Waals surface area contributed by atoms with Crippen molar-refractivity contribution in [3.05, 3.63) is 51.8 Å². The maximum atomic E-state index is 13.1. The van der Waals surface area contributed by atoms with Crippen LogP contribution in [0.25, 0.3) is 0 Å². The number of amides is 1. The maximum absolute atomic E-state index is 13.1. The minimum atomic E-state index is -0.589. The van der Waals surface area contributed by atoms with Gasteiger partial charge in [0, 0.05) is 17.3 Å². The Labute approximate surface area is 130 Å². The van der Waals surface area contributed by atoms with Gasteiger partial charge in [-0.05, 0) is 24.3 Å². The first-order valence-electron chi connectivity index (χ1n) is 5.81. The highest BCUT2D eigenvalue weighted by Crippen LogP contribution is 2.32. The molecule has 0 saturated carbocycles. The molecule has 0 radical (unpaired) electrons. The summed E-state index contributed by atoms with van der Waals surface area (Å²) < 4.78 is 18.1. The average molecular weight is 329 g/mol. The smallest absolute Gasteiger partial charge is 0.255 e. The highest BCUT2D eigenvalue weighted by Gasteiger charge is 2.14. The second-order valence-corrected chi connectivity index (χ2v) is 5.01. The first-order chi connectivity index (χ1) is 9.90. The number of rotatable bonds is 3. The number of ether oxygens (including phenoxy) is 1. The van der Waals surface area contributed by atoms with Crippen LogP contribution in [0.4, 0.5) is 15.8 Å². The molecule has 0 atom stereocenters. The number of methoxy groups -OCH3 is 1. The van der Waals surface area contributed by atoms with Gasteiger partial charge in [-0.15, -0.1) is 0 Å². The van der Waals surface area contributed by atoms with Crippen molar-refractivity contribution in [2.24, 2.45) is 0 Å². The van der Waals surface area contributed by atoms with E-state index in [0.717, 1.165) is 12.1 Å². The van der Waals surface area contributed by atoms with E-state index in [1.807, 2.05) is 0 Å². The molecule has 0 spiro atoms. The van der Waals surface area contributed by atoms with Gasteiger partial charge < -0.3 is 15.8 Å². The molecule has 0 aromatic heterocycles. The summed E-state index contributed by atoms with van der Waals surface area (Å²) >= 11 is 11.7. The normalized spacial score (nSPS) is 10.3. The second kappa shape index (κ2) is 6.20. The first kappa shape index (κ1) is 15.4. The fourth-order valence-electron chi connectivity index (χ4n) is 1.72. The third kappa shape index (κ3) is 3.56. The van der Waals surface area contributed by atoms with Gasteiger partial charge in [-0.1, -0.05) is 23.2 Å². The van der Waals surface area contributed by atoms with Crippen molar-refractivity contribution in [3.8, 4) is 5.75 Å². The Hall–Kier alpha value is -1.98. The Morgan fingerprint density at radius 2 is 1.81 bits per heavy atom. The molecule has 2 aromatic rings. The monoisotopic (exact) mass is 328 g/mol. The largest absolute Gasteiger partial charge is 0.497 e. The maximum Gasteiger partial charge on any atom is 0.255 e. The zero-order chi connectivity index (χ0) is 15.6. The van der Waals surface area contributed by atoms with Crippen LogP contribution < -0.4 is 15.8 Å². The minimum absolute atomic E-state index is 0.00391. The van der Waals surface area contributed by atoms with E-state index in [2.05, 4.69) is 5.32 Å². The Morgan fingerprint density at radius 1 is 1.19 bits per heavy atom. The summed E-state index contributed by atoms with van der Waals surface area (Å²) in [6.07, 6.45) is 0. The van der Waals surface area contributed by atoms with Crippen molar-refractivity contribution >= 4 is 40.5 Å². The molecular formula is C14H11Cl2FN2O2. The summed E-state index contributed by atoms with van der Waals surface area (Å²) in [5.41, 5.74) is 6.45. The van der Waals surface area contributed by atoms with Crippen LogP contribution in [0.3, 0.4) is 0 Å². The number of nitrogen functional groups attached to an aromatic ring is 1. The second-order valence-electron chi connectivity index (χ2n) is 4.19. The van der Waals surface area contributed by atoms with Gasteiger partial charge in [-0.3, -0.25) is 4.79 Å². The molecule has 4 nitrogen and oxygen atoms in total. The highest BCUT2D eigenvalue weighted by molar-refractivity contribution is 6.40. The Morgan fingerprint density at radius 3 is 2.38 bits per heavy atom. The van der Waals surface area contributed by atoms with Gasteiger partial charge in [0.05, 0.1) is 22.8 Å². The lowest BCUT2D eigenvalue weighted by molar-refractivity contribution is 0.102. The van der Waals surface area contributed by atoms with Crippen LogP contribution in [0, 0.1) is 5.82 Å². The van der Waals surface area contributed by atoms with Gasteiger partial charge in [0.25, 0.3) is 5.91 Å². The van der Waals surface area contributed by atoms with Crippen LogP contribution in [-0.2, 0) is 0 Å². The van der Waals surface area contributed by atoms with Gasteiger partial charge >= 0.3 is 0 Å². The van der Waals surface area contributed by atoms with E-state index in [-0.39, 0.29) is 21.3 Å². The average Bonchev–Trinajstić information content (AvgIpc) is 2.41. The minimum Gasteiger partial charge on any atom is -0.497 e. The quantitative estimate of drug-likeness (QED) is 0.837. The summed E-state index contributed by atoms with van der Waals surface area (Å²) in [5, 5.41) is 2.53. The Kier molecular flexibility index (Phi) is 4.55. The topological polar surface area (TPSA) is 64.3 Å². The van der Waals surface area contributed by atoms with E-state index >= 15 is 0 Å². The van der Waals surface area contributed by atoms with Gasteiger partial charge in [0.15, 0.2) is 0 Å². The van der Waals surface area contributed by atoms with Crippen molar-refractivity contribution < 1.29 is 13.9 Å². The molecule has 2 aromatic carbocycles. The van der Waals surface area contributed by atoms with Crippen molar-refractivity contribution in [3.63, 3.8) is 0 Å². The van der Waals surface area contributed by atoms with E-state index < -0.39 is 11.7 Å². The molecule has 0 saturated heterocycles. The zero-order valence-corrected chi connectivity index (χ0v) is 12.4. The molecule has 2 rings (SSSR count). The Balaban J connectivity index is 2.32. The van der Waals surface area contributed by atoms with Crippen molar-refractivity contribution in [1.29, 1.82) is 0 Å². The Bertz CT molecular complexity index is 684. The summed E-state index contributed by atoms with van der Waals surface area (Å²) in [6, 6.07) is 6.68. The standard InChI is InChI=1S/C14H11Cl2FN2O2/c1-21-10-3-7(2-9(18)6-10)14(20)19-13-11(15)4-8(17)5-12(13)16/h2-6H,18H2,1H3,(H,19,20). The summed E-state index contributed by atoms with van der Waals surface area (Å²) in [7, 11) is 1.46. The molecule has 3 N–H and O–H groups in total. The fraction of sp³-hybridized carbons (Fsp3) is 0.0714. The number of nitrogens with two attached hydrogens (primary N) is 1. The van der Waals surface area contributed by atoms with Crippen LogP contribution in [-0.4, -0.2) is 13.0 Å². The van der Waals surface area contributed by atoms with E-state index in [4.69, 9.17) is 33.7 Å². The van der Waals surface area contributed by atoms with E-state index in [1.54, 1.807) is 6.07 Å². The van der Waals surface area contributed by atoms with Crippen LogP contribution in [0.5, 0.6) is 5.75 Å². The predicted octanol–water partition coefficient (Wildman–Crippen LogP) is 3.98. The molecule has 0 aliphatic heterocycles. The lowest BCUT2D eigenvalue weighted by Gasteiger charge is -2.11. The third-order valence-corrected chi connectivity index (χ3v) is 3.27. The number of carbonyl (C=O) groups excluding carboxylic acids is 1. The third-order valence-electron chi connectivity index (χ3n) is 2.67. The molecule has 0 bridgehead atoms. The van der Waals surface area contributed by atoms with E-state index in [1.165, 1.54) is 19.2 Å². The van der Waals surface area contributed by atoms with Crippen LogP contribution in [0.1, 0.15) is 10.4 Å². The van der Waals surface area contributed by atoms with Gasteiger partial charge in [0.2, 0.25) is 0 Å². The lowest BCUT2D eigenvalue weighted by Crippen LogP contribution is -2.13. The number of nitrogens with one attached hydrogen (secondary N) is 1. The van der Waals surface area contributed by atoms with Crippen LogP contribution >= 0.6 is 23.2 Å². The number of halogens is 3. The lowest BCUT2D eigenvalue weighted by atomic mass is 10.1. The number of anilines is 2. The number of carbonyl (C=O) groups is 1. The molecule has 21 heavy (non-hydrogen) atoms. The molecule has 110 valence electrons. The summed E-state index contributed by atoms with van der Waals surface area (Å²) in [4.78, 5) is 12.2. The number of hydrogen-bond acceptors (Lipinski definition) is 3.